The van der Waals surface area contributed by atoms with Gasteiger partial charge in [-0.1, -0.05) is 50.9 Å². The first-order valence-corrected chi connectivity index (χ1v) is 13.6. The predicted molar refractivity (Wildman–Crippen MR) is 107 cm³/mol. The molecule has 1 saturated carbocycles. The lowest BCUT2D eigenvalue weighted by Crippen LogP contribution is -2.37. The number of carbonyl (C=O) groups is 1. The first kappa shape index (κ1) is 19.6. The molecule has 26 heavy (non-hydrogen) atoms. The van der Waals surface area contributed by atoms with Crippen LogP contribution in [0.25, 0.3) is 0 Å². The fourth-order valence-corrected chi connectivity index (χ4v) is 9.24. The van der Waals surface area contributed by atoms with Crippen molar-refractivity contribution >= 4 is 14.0 Å². The third-order valence-electron chi connectivity index (χ3n) is 6.83. The topological polar surface area (TPSA) is 26.3 Å². The molecule has 0 atom stereocenters. The van der Waals surface area contributed by atoms with Crippen LogP contribution >= 0.6 is 0 Å². The van der Waals surface area contributed by atoms with E-state index in [0.717, 1.165) is 24.7 Å². The Hall–Kier alpha value is -1.16. The van der Waals surface area contributed by atoms with Crippen molar-refractivity contribution in [1.29, 1.82) is 0 Å². The molecule has 1 aromatic rings. The van der Waals surface area contributed by atoms with Gasteiger partial charge in [-0.3, -0.25) is 0 Å². The van der Waals surface area contributed by atoms with E-state index < -0.39 is 8.07 Å². The minimum Gasteiger partial charge on any atom is -0.459 e. The van der Waals surface area contributed by atoms with Gasteiger partial charge >= 0.3 is 5.97 Å². The summed E-state index contributed by atoms with van der Waals surface area (Å²) in [6, 6.07) is 10.2. The second kappa shape index (κ2) is 8.68. The van der Waals surface area contributed by atoms with E-state index in [0.29, 0.717) is 5.56 Å². The molecule has 0 amide bonds. The number of hydrogen-bond donors (Lipinski definition) is 0. The Kier molecular flexibility index (Phi) is 6.54. The van der Waals surface area contributed by atoms with Gasteiger partial charge in [0.2, 0.25) is 0 Å². The molecule has 0 radical (unpaired) electrons. The summed E-state index contributed by atoms with van der Waals surface area (Å²) in [7, 11) is -0.915. The molecule has 0 bridgehead atoms. The lowest BCUT2D eigenvalue weighted by atomic mass is 9.76. The molecule has 2 aliphatic rings. The van der Waals surface area contributed by atoms with Gasteiger partial charge in [0.15, 0.2) is 0 Å². The number of hydrogen-bond acceptors (Lipinski definition) is 2. The van der Waals surface area contributed by atoms with Gasteiger partial charge in [-0.05, 0) is 61.8 Å². The van der Waals surface area contributed by atoms with E-state index in [1.165, 1.54) is 74.5 Å². The van der Waals surface area contributed by atoms with Gasteiger partial charge in [-0.2, -0.15) is 0 Å². The Morgan fingerprint density at radius 1 is 1.04 bits per heavy atom. The van der Waals surface area contributed by atoms with Crippen LogP contribution in [0.3, 0.4) is 0 Å². The van der Waals surface area contributed by atoms with Crippen LogP contribution in [-0.4, -0.2) is 20.1 Å². The van der Waals surface area contributed by atoms with Crippen molar-refractivity contribution in [3.05, 3.63) is 35.6 Å². The average molecular weight is 377 g/mol. The molecule has 0 aromatic heterocycles. The van der Waals surface area contributed by atoms with Crippen LogP contribution in [0.4, 0.5) is 4.39 Å². The second-order valence-corrected chi connectivity index (χ2v) is 14.0. The van der Waals surface area contributed by atoms with Gasteiger partial charge < -0.3 is 4.74 Å². The summed E-state index contributed by atoms with van der Waals surface area (Å²) in [5, 5.41) is 0. The van der Waals surface area contributed by atoms with E-state index in [9.17, 15) is 9.18 Å². The summed E-state index contributed by atoms with van der Waals surface area (Å²) in [5.41, 5.74) is 0.445. The van der Waals surface area contributed by atoms with Gasteiger partial charge in [-0.15, -0.1) is 0 Å². The zero-order chi connectivity index (χ0) is 18.6. The molecule has 144 valence electrons. The summed E-state index contributed by atoms with van der Waals surface area (Å²) >= 11 is 0. The number of carbonyl (C=O) groups excluding carboxylic acids is 1. The number of rotatable bonds is 5. The lowest BCUT2D eigenvalue weighted by molar-refractivity contribution is 0.0127. The van der Waals surface area contributed by atoms with Crippen LogP contribution < -0.4 is 0 Å². The number of ether oxygens (including phenoxy) is 1. The molecular formula is C22H33FO2Si. The second-order valence-electron chi connectivity index (χ2n) is 8.85. The van der Waals surface area contributed by atoms with Crippen molar-refractivity contribution < 1.29 is 13.9 Å². The quantitative estimate of drug-likeness (QED) is 0.436. The maximum atomic E-state index is 13.0. The van der Waals surface area contributed by atoms with Crippen LogP contribution in [0.2, 0.25) is 24.7 Å². The third-order valence-corrected chi connectivity index (χ3v) is 11.5. The van der Waals surface area contributed by atoms with Crippen molar-refractivity contribution in [2.24, 2.45) is 11.8 Å². The largest absolute Gasteiger partial charge is 0.459 e. The summed E-state index contributed by atoms with van der Waals surface area (Å²) in [4.78, 5) is 12.2. The Morgan fingerprint density at radius 3 is 2.19 bits per heavy atom. The highest BCUT2D eigenvalue weighted by molar-refractivity contribution is 6.78. The molecule has 1 heterocycles. The van der Waals surface area contributed by atoms with Crippen LogP contribution in [0.15, 0.2) is 24.3 Å². The van der Waals surface area contributed by atoms with Crippen molar-refractivity contribution in [1.82, 2.24) is 0 Å². The molecule has 1 aromatic carbocycles. The van der Waals surface area contributed by atoms with E-state index in [2.05, 4.69) is 13.5 Å². The Bertz CT molecular complexity index is 585. The van der Waals surface area contributed by atoms with Crippen molar-refractivity contribution in [2.75, 3.05) is 0 Å². The molecule has 2 fully saturated rings. The summed E-state index contributed by atoms with van der Waals surface area (Å²) < 4.78 is 18.6. The van der Waals surface area contributed by atoms with E-state index >= 15 is 0 Å². The van der Waals surface area contributed by atoms with Gasteiger partial charge in [-0.25, -0.2) is 9.18 Å². The summed E-state index contributed by atoms with van der Waals surface area (Å²) in [6.07, 6.45) is 8.62. The van der Waals surface area contributed by atoms with Gasteiger partial charge in [0.05, 0.1) is 13.6 Å². The molecule has 0 spiro atoms. The highest BCUT2D eigenvalue weighted by Gasteiger charge is 2.36. The van der Waals surface area contributed by atoms with Gasteiger partial charge in [0, 0.05) is 0 Å². The molecule has 2 nitrogen and oxygen atoms in total. The third kappa shape index (κ3) is 4.96. The number of halogens is 1. The molecule has 0 N–H and O–H groups in total. The van der Waals surface area contributed by atoms with Crippen LogP contribution in [0.5, 0.6) is 0 Å². The Balaban J connectivity index is 1.43. The highest BCUT2D eigenvalue weighted by Crippen LogP contribution is 2.43. The highest BCUT2D eigenvalue weighted by atomic mass is 28.3. The zero-order valence-corrected chi connectivity index (χ0v) is 17.3. The predicted octanol–water partition coefficient (Wildman–Crippen LogP) is 6.44. The molecule has 1 saturated heterocycles. The zero-order valence-electron chi connectivity index (χ0n) is 16.3. The number of esters is 1. The standard InChI is InChI=1S/C22H33FO2Si/c1-3-14-26(2)15-12-18(13-16-26)17-6-10-21(11-7-17)25-22(24)19-4-8-20(23)9-5-19/h4-5,8-9,17-18,21H,3,6-7,10-16H2,1-2H3. The fraction of sp³-hybridized carbons (Fsp3) is 0.682. The molecule has 3 rings (SSSR count). The Labute approximate surface area is 158 Å². The summed E-state index contributed by atoms with van der Waals surface area (Å²) in [6.45, 7) is 4.94. The number of benzene rings is 1. The van der Waals surface area contributed by atoms with Crippen molar-refractivity contribution in [3.63, 3.8) is 0 Å². The summed E-state index contributed by atoms with van der Waals surface area (Å²) in [5.74, 6) is 1.09. The molecular weight excluding hydrogens is 343 g/mol. The fourth-order valence-electron chi connectivity index (χ4n) is 5.15. The van der Waals surface area contributed by atoms with Crippen LogP contribution in [0.1, 0.15) is 62.2 Å². The maximum Gasteiger partial charge on any atom is 0.338 e. The first-order valence-electron chi connectivity index (χ1n) is 10.5. The van der Waals surface area contributed by atoms with E-state index in [1.54, 1.807) is 0 Å². The molecule has 1 aliphatic heterocycles. The molecule has 4 heteroatoms. The first-order chi connectivity index (χ1) is 12.5. The average Bonchev–Trinajstić information content (AvgIpc) is 2.64. The normalized spacial score (nSPS) is 32.2. The van der Waals surface area contributed by atoms with E-state index in [4.69, 9.17) is 4.74 Å². The smallest absolute Gasteiger partial charge is 0.338 e. The van der Waals surface area contributed by atoms with Crippen LogP contribution in [0, 0.1) is 17.7 Å². The Morgan fingerprint density at radius 2 is 1.62 bits per heavy atom. The van der Waals surface area contributed by atoms with Crippen LogP contribution in [-0.2, 0) is 4.74 Å². The van der Waals surface area contributed by atoms with Crippen molar-refractivity contribution in [3.8, 4) is 0 Å². The van der Waals surface area contributed by atoms with Gasteiger partial charge in [0.1, 0.15) is 11.9 Å². The van der Waals surface area contributed by atoms with Gasteiger partial charge in [0.25, 0.3) is 0 Å². The maximum absolute atomic E-state index is 13.0. The molecule has 1 aliphatic carbocycles. The minimum atomic E-state index is -0.915. The molecule has 0 unspecified atom stereocenters. The van der Waals surface area contributed by atoms with E-state index in [-0.39, 0.29) is 17.9 Å². The van der Waals surface area contributed by atoms with E-state index in [1.807, 2.05) is 0 Å². The minimum absolute atomic E-state index is 0.0344. The SMILES string of the molecule is CCC[Si]1(C)CCC(C2CCC(OC(=O)c3ccc(F)cc3)CC2)CC1. The van der Waals surface area contributed by atoms with Crippen molar-refractivity contribution in [2.45, 2.75) is 82.7 Å². The lowest BCUT2D eigenvalue weighted by Gasteiger charge is -2.41. The monoisotopic (exact) mass is 376 g/mol.